The molecule has 1 fully saturated rings. The summed E-state index contributed by atoms with van der Waals surface area (Å²) in [5.41, 5.74) is 5.95. The molecular formula is C21H26N4O2. The first-order valence-electron chi connectivity index (χ1n) is 10.0. The van der Waals surface area contributed by atoms with Gasteiger partial charge in [-0.25, -0.2) is 4.68 Å². The molecule has 0 spiro atoms. The minimum Gasteiger partial charge on any atom is -0.371 e. The number of hydrogen-bond donors (Lipinski definition) is 2. The van der Waals surface area contributed by atoms with Crippen molar-refractivity contribution < 1.29 is 9.53 Å². The SMILES string of the molecule is Cc1ccc2cnn(C3CCCCO3)c2c1C1CCC2=C(C1)NCNC2=O. The van der Waals surface area contributed by atoms with Gasteiger partial charge in [0.25, 0.3) is 0 Å². The molecule has 142 valence electrons. The van der Waals surface area contributed by atoms with Crippen LogP contribution < -0.4 is 10.6 Å². The lowest BCUT2D eigenvalue weighted by Gasteiger charge is -2.32. The minimum absolute atomic E-state index is 0.0359. The van der Waals surface area contributed by atoms with Gasteiger partial charge in [-0.3, -0.25) is 4.79 Å². The largest absolute Gasteiger partial charge is 0.371 e. The molecule has 2 unspecified atom stereocenters. The lowest BCUT2D eigenvalue weighted by Crippen LogP contribution is -2.42. The Hall–Kier alpha value is -2.34. The summed E-state index contributed by atoms with van der Waals surface area (Å²) < 4.78 is 8.15. The average Bonchev–Trinajstić information content (AvgIpc) is 3.12. The highest BCUT2D eigenvalue weighted by Gasteiger charge is 2.31. The van der Waals surface area contributed by atoms with E-state index in [9.17, 15) is 4.79 Å². The minimum atomic E-state index is 0.0359. The first-order valence-corrected chi connectivity index (χ1v) is 10.0. The molecule has 0 saturated carbocycles. The highest BCUT2D eigenvalue weighted by atomic mass is 16.5. The zero-order valence-electron chi connectivity index (χ0n) is 15.8. The molecule has 2 aromatic rings. The molecule has 1 amide bonds. The highest BCUT2D eigenvalue weighted by Crippen LogP contribution is 2.41. The molecule has 2 N–H and O–H groups in total. The van der Waals surface area contributed by atoms with Crippen LogP contribution in [0.2, 0.25) is 0 Å². The van der Waals surface area contributed by atoms with Crippen molar-refractivity contribution in [1.29, 1.82) is 0 Å². The fourth-order valence-corrected chi connectivity index (χ4v) is 4.87. The number of aromatic nitrogens is 2. The van der Waals surface area contributed by atoms with Crippen LogP contribution in [-0.2, 0) is 9.53 Å². The quantitative estimate of drug-likeness (QED) is 0.856. The monoisotopic (exact) mass is 366 g/mol. The molecule has 0 bridgehead atoms. The number of ether oxygens (including phenoxy) is 1. The van der Waals surface area contributed by atoms with Crippen LogP contribution in [0.3, 0.4) is 0 Å². The van der Waals surface area contributed by atoms with Gasteiger partial charge in [0.2, 0.25) is 5.91 Å². The van der Waals surface area contributed by atoms with Gasteiger partial charge in [-0.05, 0) is 62.5 Å². The number of benzene rings is 1. The molecule has 6 heteroatoms. The first-order chi connectivity index (χ1) is 13.2. The van der Waals surface area contributed by atoms with Crippen molar-refractivity contribution in [2.45, 2.75) is 57.6 Å². The van der Waals surface area contributed by atoms with Gasteiger partial charge in [-0.2, -0.15) is 5.10 Å². The van der Waals surface area contributed by atoms with E-state index >= 15 is 0 Å². The second-order valence-electron chi connectivity index (χ2n) is 7.90. The Bertz CT molecular complexity index is 924. The molecular weight excluding hydrogens is 340 g/mol. The van der Waals surface area contributed by atoms with Crippen LogP contribution in [0, 0.1) is 6.92 Å². The predicted molar refractivity (Wildman–Crippen MR) is 103 cm³/mol. The van der Waals surface area contributed by atoms with E-state index < -0.39 is 0 Å². The first kappa shape index (κ1) is 16.8. The molecule has 1 aromatic heterocycles. The lowest BCUT2D eigenvalue weighted by molar-refractivity contribution is -0.118. The number of aryl methyl sites for hydroxylation is 1. The Labute approximate surface area is 158 Å². The van der Waals surface area contributed by atoms with Crippen LogP contribution in [0.1, 0.15) is 61.8 Å². The zero-order valence-corrected chi connectivity index (χ0v) is 15.8. The normalized spacial score (nSPS) is 25.9. The van der Waals surface area contributed by atoms with Crippen LogP contribution >= 0.6 is 0 Å². The van der Waals surface area contributed by atoms with Crippen molar-refractivity contribution in [3.63, 3.8) is 0 Å². The summed E-state index contributed by atoms with van der Waals surface area (Å²) in [5, 5.41) is 12.2. The Morgan fingerprint density at radius 2 is 2.15 bits per heavy atom. The maximum atomic E-state index is 12.1. The van der Waals surface area contributed by atoms with E-state index in [1.165, 1.54) is 28.5 Å². The van der Waals surface area contributed by atoms with Crippen LogP contribution in [-0.4, -0.2) is 29.0 Å². The van der Waals surface area contributed by atoms with Gasteiger partial charge in [-0.1, -0.05) is 12.1 Å². The topological polar surface area (TPSA) is 68.2 Å². The lowest BCUT2D eigenvalue weighted by atomic mass is 9.79. The fourth-order valence-electron chi connectivity index (χ4n) is 4.87. The van der Waals surface area contributed by atoms with Crippen LogP contribution in [0.25, 0.3) is 10.9 Å². The molecule has 0 radical (unpaired) electrons. The number of carbonyl (C=O) groups excluding carboxylic acids is 1. The highest BCUT2D eigenvalue weighted by molar-refractivity contribution is 5.95. The van der Waals surface area contributed by atoms with Gasteiger partial charge in [-0.15, -0.1) is 0 Å². The van der Waals surface area contributed by atoms with Crippen LogP contribution in [0.4, 0.5) is 0 Å². The molecule has 3 heterocycles. The van der Waals surface area contributed by atoms with E-state index in [2.05, 4.69) is 34.4 Å². The Morgan fingerprint density at radius 3 is 3.00 bits per heavy atom. The van der Waals surface area contributed by atoms with E-state index in [1.54, 1.807) is 0 Å². The number of hydrogen-bond acceptors (Lipinski definition) is 4. The van der Waals surface area contributed by atoms with Crippen LogP contribution in [0.5, 0.6) is 0 Å². The van der Waals surface area contributed by atoms with Crippen LogP contribution in [0.15, 0.2) is 29.6 Å². The molecule has 6 nitrogen and oxygen atoms in total. The Kier molecular flexibility index (Phi) is 4.16. The molecule has 2 atom stereocenters. The van der Waals surface area contributed by atoms with Gasteiger partial charge in [0.1, 0.15) is 0 Å². The van der Waals surface area contributed by atoms with Gasteiger partial charge in [0.15, 0.2) is 6.23 Å². The summed E-state index contributed by atoms with van der Waals surface area (Å²) in [5.74, 6) is 0.489. The summed E-state index contributed by atoms with van der Waals surface area (Å²) >= 11 is 0. The Morgan fingerprint density at radius 1 is 1.22 bits per heavy atom. The molecule has 27 heavy (non-hydrogen) atoms. The number of nitrogens with zero attached hydrogens (tertiary/aromatic N) is 2. The third kappa shape index (κ3) is 2.83. The van der Waals surface area contributed by atoms with Crippen molar-refractivity contribution in [1.82, 2.24) is 20.4 Å². The third-order valence-electron chi connectivity index (χ3n) is 6.24. The summed E-state index contributed by atoms with van der Waals surface area (Å²) in [6, 6.07) is 4.37. The van der Waals surface area contributed by atoms with Crippen molar-refractivity contribution in [3.8, 4) is 0 Å². The second kappa shape index (κ2) is 6.68. The number of fused-ring (bicyclic) bond motifs is 1. The van der Waals surface area contributed by atoms with E-state index in [4.69, 9.17) is 9.84 Å². The second-order valence-corrected chi connectivity index (χ2v) is 7.90. The van der Waals surface area contributed by atoms with Crippen molar-refractivity contribution in [2.24, 2.45) is 0 Å². The van der Waals surface area contributed by atoms with Crippen molar-refractivity contribution >= 4 is 16.8 Å². The van der Waals surface area contributed by atoms with Gasteiger partial charge < -0.3 is 15.4 Å². The molecule has 1 saturated heterocycles. The van der Waals surface area contributed by atoms with Crippen molar-refractivity contribution in [3.05, 3.63) is 40.7 Å². The molecule has 1 aliphatic carbocycles. The van der Waals surface area contributed by atoms with E-state index in [0.29, 0.717) is 12.6 Å². The van der Waals surface area contributed by atoms with E-state index in [-0.39, 0.29) is 12.1 Å². The number of rotatable bonds is 2. The van der Waals surface area contributed by atoms with E-state index in [1.807, 2.05) is 6.20 Å². The van der Waals surface area contributed by atoms with Gasteiger partial charge >= 0.3 is 0 Å². The number of carbonyl (C=O) groups is 1. The van der Waals surface area contributed by atoms with E-state index in [0.717, 1.165) is 50.0 Å². The third-order valence-corrected chi connectivity index (χ3v) is 6.24. The maximum absolute atomic E-state index is 12.1. The maximum Gasteiger partial charge on any atom is 0.250 e. The Balaban J connectivity index is 1.57. The van der Waals surface area contributed by atoms with Gasteiger partial charge in [0, 0.05) is 23.3 Å². The number of allylic oxidation sites excluding steroid dienone is 1. The molecule has 5 rings (SSSR count). The van der Waals surface area contributed by atoms with Gasteiger partial charge in [0.05, 0.1) is 18.4 Å². The summed E-state index contributed by atoms with van der Waals surface area (Å²) in [6.07, 6.45) is 8.05. The molecule has 1 aromatic carbocycles. The summed E-state index contributed by atoms with van der Waals surface area (Å²) in [7, 11) is 0. The number of nitrogens with one attached hydrogen (secondary N) is 2. The smallest absolute Gasteiger partial charge is 0.250 e. The zero-order chi connectivity index (χ0) is 18.4. The molecule has 3 aliphatic rings. The number of amides is 1. The summed E-state index contributed by atoms with van der Waals surface area (Å²) in [6.45, 7) is 3.53. The predicted octanol–water partition coefficient (Wildman–Crippen LogP) is 3.24. The average molecular weight is 366 g/mol. The fraction of sp³-hybridized carbons (Fsp3) is 0.524. The standard InChI is InChI=1S/C21H26N4O2/c1-13-5-6-15-11-24-25(18-4-2-3-9-27-18)20(15)19(13)14-7-8-16-17(10-14)22-12-23-21(16)26/h5-6,11,14,18,22H,2-4,7-10,12H2,1H3,(H,23,26). The summed E-state index contributed by atoms with van der Waals surface area (Å²) in [4.78, 5) is 12.1. The molecule has 2 aliphatic heterocycles. The van der Waals surface area contributed by atoms with Crippen molar-refractivity contribution in [2.75, 3.05) is 13.3 Å².